The van der Waals surface area contributed by atoms with Gasteiger partial charge in [0.2, 0.25) is 0 Å². The fourth-order valence-corrected chi connectivity index (χ4v) is 3.41. The lowest BCUT2D eigenvalue weighted by Gasteiger charge is -1.98. The van der Waals surface area contributed by atoms with E-state index in [0.29, 0.717) is 17.0 Å². The molecule has 0 atom stereocenters. The SMILES string of the molecule is CC(=NOC(=O)c1ccccc1)c1csc(-c2snnc2C)n1. The van der Waals surface area contributed by atoms with Crippen molar-refractivity contribution in [2.45, 2.75) is 13.8 Å². The molecule has 0 fully saturated rings. The molecule has 8 heteroatoms. The first-order valence-corrected chi connectivity index (χ1v) is 8.36. The van der Waals surface area contributed by atoms with Crippen LogP contribution in [0.2, 0.25) is 0 Å². The van der Waals surface area contributed by atoms with Crippen LogP contribution in [-0.4, -0.2) is 26.3 Å². The average Bonchev–Trinajstić information content (AvgIpc) is 3.21. The fourth-order valence-electron chi connectivity index (χ4n) is 1.76. The molecule has 0 amide bonds. The van der Waals surface area contributed by atoms with Crippen molar-refractivity contribution in [1.29, 1.82) is 0 Å². The van der Waals surface area contributed by atoms with Gasteiger partial charge in [-0.2, -0.15) is 0 Å². The lowest BCUT2D eigenvalue weighted by Crippen LogP contribution is -2.04. The van der Waals surface area contributed by atoms with E-state index >= 15 is 0 Å². The van der Waals surface area contributed by atoms with Crippen LogP contribution in [-0.2, 0) is 4.84 Å². The summed E-state index contributed by atoms with van der Waals surface area (Å²) in [6.07, 6.45) is 0. The second-order valence-corrected chi connectivity index (χ2v) is 6.26. The van der Waals surface area contributed by atoms with Gasteiger partial charge >= 0.3 is 5.97 Å². The Balaban J connectivity index is 1.73. The van der Waals surface area contributed by atoms with Crippen molar-refractivity contribution in [3.05, 3.63) is 52.7 Å². The lowest BCUT2D eigenvalue weighted by atomic mass is 10.2. The molecule has 0 spiro atoms. The summed E-state index contributed by atoms with van der Waals surface area (Å²) in [7, 11) is 0. The van der Waals surface area contributed by atoms with E-state index in [0.717, 1.165) is 15.6 Å². The van der Waals surface area contributed by atoms with Gasteiger partial charge in [-0.1, -0.05) is 27.8 Å². The summed E-state index contributed by atoms with van der Waals surface area (Å²) >= 11 is 2.78. The maximum Gasteiger partial charge on any atom is 0.365 e. The lowest BCUT2D eigenvalue weighted by molar-refractivity contribution is 0.0516. The molecule has 0 radical (unpaired) electrons. The second-order valence-electron chi connectivity index (χ2n) is 4.65. The number of oxime groups is 1. The summed E-state index contributed by atoms with van der Waals surface area (Å²) in [6, 6.07) is 8.72. The van der Waals surface area contributed by atoms with Gasteiger partial charge in [0.05, 0.1) is 17.0 Å². The summed E-state index contributed by atoms with van der Waals surface area (Å²) in [5.41, 5.74) is 2.50. The second kappa shape index (κ2) is 6.76. The van der Waals surface area contributed by atoms with Gasteiger partial charge in [-0.3, -0.25) is 0 Å². The summed E-state index contributed by atoms with van der Waals surface area (Å²) in [6.45, 7) is 3.64. The number of hydrogen-bond donors (Lipinski definition) is 0. The molecule has 23 heavy (non-hydrogen) atoms. The number of nitrogens with zero attached hydrogens (tertiary/aromatic N) is 4. The molecule has 3 aromatic rings. The van der Waals surface area contributed by atoms with Gasteiger partial charge in [-0.15, -0.1) is 16.4 Å². The van der Waals surface area contributed by atoms with Crippen molar-refractivity contribution < 1.29 is 9.63 Å². The van der Waals surface area contributed by atoms with Crippen LogP contribution in [0.4, 0.5) is 0 Å². The van der Waals surface area contributed by atoms with Gasteiger partial charge in [0, 0.05) is 5.38 Å². The van der Waals surface area contributed by atoms with Gasteiger partial charge in [0.25, 0.3) is 0 Å². The van der Waals surface area contributed by atoms with Gasteiger partial charge in [0.1, 0.15) is 15.6 Å². The minimum Gasteiger partial charge on any atom is -0.312 e. The normalized spacial score (nSPS) is 11.5. The molecule has 2 heterocycles. The Morgan fingerprint density at radius 3 is 2.74 bits per heavy atom. The minimum absolute atomic E-state index is 0.453. The molecule has 0 bridgehead atoms. The maximum atomic E-state index is 11.9. The van der Waals surface area contributed by atoms with Crippen molar-refractivity contribution >= 4 is 34.6 Å². The van der Waals surface area contributed by atoms with Crippen LogP contribution in [0.3, 0.4) is 0 Å². The number of aryl methyl sites for hydroxylation is 1. The Hall–Kier alpha value is -2.45. The molecule has 0 aliphatic heterocycles. The molecule has 6 nitrogen and oxygen atoms in total. The van der Waals surface area contributed by atoms with Crippen LogP contribution >= 0.6 is 22.9 Å². The largest absolute Gasteiger partial charge is 0.365 e. The van der Waals surface area contributed by atoms with Gasteiger partial charge in [-0.25, -0.2) is 9.78 Å². The number of carbonyl (C=O) groups is 1. The Morgan fingerprint density at radius 2 is 2.04 bits per heavy atom. The Kier molecular flexibility index (Phi) is 4.54. The standard InChI is InChI=1S/C15H12N4O2S2/c1-9(18-21-15(20)11-6-4-3-5-7-11)12-8-22-14(16-12)13-10(2)17-19-23-13/h3-8H,1-2H3. The van der Waals surface area contributed by atoms with Gasteiger partial charge < -0.3 is 4.84 Å². The summed E-state index contributed by atoms with van der Waals surface area (Å²) < 4.78 is 3.90. The van der Waals surface area contributed by atoms with E-state index in [1.807, 2.05) is 18.4 Å². The van der Waals surface area contributed by atoms with E-state index in [1.165, 1.54) is 22.9 Å². The quantitative estimate of drug-likeness (QED) is 0.411. The monoisotopic (exact) mass is 344 g/mol. The highest BCUT2D eigenvalue weighted by molar-refractivity contribution is 7.18. The number of aromatic nitrogens is 3. The van der Waals surface area contributed by atoms with E-state index in [1.54, 1.807) is 31.2 Å². The average molecular weight is 344 g/mol. The van der Waals surface area contributed by atoms with Crippen LogP contribution in [0.5, 0.6) is 0 Å². The first-order chi connectivity index (χ1) is 11.1. The molecule has 0 saturated carbocycles. The topological polar surface area (TPSA) is 77.3 Å². The summed E-state index contributed by atoms with van der Waals surface area (Å²) in [5, 5.41) is 10.5. The van der Waals surface area contributed by atoms with Crippen molar-refractivity contribution in [2.24, 2.45) is 5.16 Å². The molecule has 0 saturated heterocycles. The van der Waals surface area contributed by atoms with E-state index < -0.39 is 5.97 Å². The number of rotatable bonds is 4. The van der Waals surface area contributed by atoms with Crippen molar-refractivity contribution in [3.63, 3.8) is 0 Å². The van der Waals surface area contributed by atoms with E-state index in [2.05, 4.69) is 19.7 Å². The third-order valence-corrected chi connectivity index (χ3v) is 4.82. The highest BCUT2D eigenvalue weighted by Gasteiger charge is 2.13. The molecule has 3 rings (SSSR count). The summed E-state index contributed by atoms with van der Waals surface area (Å²) in [5.74, 6) is -0.497. The first-order valence-electron chi connectivity index (χ1n) is 6.71. The first kappa shape index (κ1) is 15.4. The van der Waals surface area contributed by atoms with Gasteiger partial charge in [-0.05, 0) is 37.5 Å². The summed E-state index contributed by atoms with van der Waals surface area (Å²) in [4.78, 5) is 22.2. The zero-order valence-corrected chi connectivity index (χ0v) is 14.0. The highest BCUT2D eigenvalue weighted by atomic mass is 32.1. The number of hydrogen-bond acceptors (Lipinski definition) is 8. The third kappa shape index (κ3) is 3.49. The molecule has 0 aliphatic rings. The molecular weight excluding hydrogens is 332 g/mol. The number of benzene rings is 1. The van der Waals surface area contributed by atoms with Crippen LogP contribution in [0, 0.1) is 6.92 Å². The van der Waals surface area contributed by atoms with Crippen LogP contribution < -0.4 is 0 Å². The van der Waals surface area contributed by atoms with Crippen molar-refractivity contribution in [1.82, 2.24) is 14.6 Å². The van der Waals surface area contributed by atoms with E-state index in [9.17, 15) is 4.79 Å². The molecule has 1 aromatic carbocycles. The predicted octanol–water partition coefficient (Wildman–Crippen LogP) is 3.55. The van der Waals surface area contributed by atoms with Crippen molar-refractivity contribution in [2.75, 3.05) is 0 Å². The van der Waals surface area contributed by atoms with E-state index in [-0.39, 0.29) is 0 Å². The molecule has 0 N–H and O–H groups in total. The Bertz CT molecular complexity index is 855. The Morgan fingerprint density at radius 1 is 1.26 bits per heavy atom. The minimum atomic E-state index is -0.497. The molecular formula is C15H12N4O2S2. The van der Waals surface area contributed by atoms with Crippen LogP contribution in [0.15, 0.2) is 40.9 Å². The van der Waals surface area contributed by atoms with Gasteiger partial charge in [0.15, 0.2) is 0 Å². The number of carbonyl (C=O) groups excluding carboxylic acids is 1. The fraction of sp³-hybridized carbons (Fsp3) is 0.133. The molecule has 116 valence electrons. The van der Waals surface area contributed by atoms with Crippen LogP contribution in [0.1, 0.15) is 28.7 Å². The predicted molar refractivity (Wildman–Crippen MR) is 89.8 cm³/mol. The smallest absolute Gasteiger partial charge is 0.312 e. The maximum absolute atomic E-state index is 11.9. The molecule has 0 aliphatic carbocycles. The Labute approximate surface area is 140 Å². The number of thiazole rings is 1. The van der Waals surface area contributed by atoms with Crippen LogP contribution in [0.25, 0.3) is 9.88 Å². The third-order valence-electron chi connectivity index (χ3n) is 3.00. The van der Waals surface area contributed by atoms with E-state index in [4.69, 9.17) is 4.84 Å². The molecule has 0 unspecified atom stereocenters. The van der Waals surface area contributed by atoms with Crippen molar-refractivity contribution in [3.8, 4) is 9.88 Å². The highest BCUT2D eigenvalue weighted by Crippen LogP contribution is 2.28. The zero-order chi connectivity index (χ0) is 16.2. The molecule has 2 aromatic heterocycles. The zero-order valence-electron chi connectivity index (χ0n) is 12.4.